The zero-order valence-corrected chi connectivity index (χ0v) is 10.6. The third kappa shape index (κ3) is 2.24. The molecule has 0 aromatic carbocycles. The first kappa shape index (κ1) is 11.2. The molecule has 2 fully saturated rings. The molecule has 4 heteroatoms. The molecule has 0 aliphatic carbocycles. The van der Waals surface area contributed by atoms with Gasteiger partial charge in [0.1, 0.15) is 0 Å². The van der Waals surface area contributed by atoms with Gasteiger partial charge in [0.2, 0.25) is 0 Å². The highest BCUT2D eigenvalue weighted by Crippen LogP contribution is 2.26. The van der Waals surface area contributed by atoms with Crippen LogP contribution in [-0.2, 0) is 13.6 Å². The summed E-state index contributed by atoms with van der Waals surface area (Å²) in [7, 11) is 2.04. The maximum Gasteiger partial charge on any atom is 0.0521 e. The second-order valence-electron chi connectivity index (χ2n) is 5.33. The number of nitrogens with zero attached hydrogens (tertiary/aromatic N) is 3. The summed E-state index contributed by atoms with van der Waals surface area (Å²) < 4.78 is 2.00. The lowest BCUT2D eigenvalue weighted by Crippen LogP contribution is -2.43. The molecule has 0 saturated carbocycles. The molecule has 2 aliphatic heterocycles. The Morgan fingerprint density at radius 2 is 2.35 bits per heavy atom. The molecule has 0 bridgehead atoms. The molecule has 3 heterocycles. The van der Waals surface area contributed by atoms with Gasteiger partial charge in [-0.25, -0.2) is 0 Å². The molecule has 1 aromatic heterocycles. The third-order valence-electron chi connectivity index (χ3n) is 4.26. The zero-order chi connectivity index (χ0) is 11.7. The fourth-order valence-corrected chi connectivity index (χ4v) is 3.31. The summed E-state index contributed by atoms with van der Waals surface area (Å²) in [5.74, 6) is 0. The monoisotopic (exact) mass is 234 g/mol. The molecule has 1 aromatic rings. The van der Waals surface area contributed by atoms with Crippen LogP contribution in [0.15, 0.2) is 12.3 Å². The number of hydrogen-bond donors (Lipinski definition) is 1. The Morgan fingerprint density at radius 1 is 1.41 bits per heavy atom. The number of hydrogen-bond acceptors (Lipinski definition) is 3. The molecular formula is C13H22N4. The standard InChI is InChI=1S/C13H22N4/c1-16-11(6-8-15-16)10-17-9-3-5-13(17)12-4-2-7-14-12/h6,8,12-14H,2-5,7,9-10H2,1H3. The fourth-order valence-electron chi connectivity index (χ4n) is 3.31. The molecule has 94 valence electrons. The first-order valence-electron chi connectivity index (χ1n) is 6.79. The van der Waals surface area contributed by atoms with Crippen LogP contribution in [0.1, 0.15) is 31.4 Å². The van der Waals surface area contributed by atoms with Crippen molar-refractivity contribution in [3.05, 3.63) is 18.0 Å². The zero-order valence-electron chi connectivity index (χ0n) is 10.6. The number of rotatable bonds is 3. The minimum absolute atomic E-state index is 0.728. The molecule has 0 amide bonds. The van der Waals surface area contributed by atoms with E-state index in [0.717, 1.165) is 18.6 Å². The normalized spacial score (nSPS) is 30.2. The second-order valence-corrected chi connectivity index (χ2v) is 5.33. The molecule has 2 atom stereocenters. The van der Waals surface area contributed by atoms with Crippen molar-refractivity contribution in [1.29, 1.82) is 0 Å². The summed E-state index contributed by atoms with van der Waals surface area (Å²) in [5, 5.41) is 7.91. The first-order valence-corrected chi connectivity index (χ1v) is 6.79. The Morgan fingerprint density at radius 3 is 3.06 bits per heavy atom. The molecule has 0 spiro atoms. The smallest absolute Gasteiger partial charge is 0.0521 e. The van der Waals surface area contributed by atoms with Crippen LogP contribution in [0.3, 0.4) is 0 Å². The van der Waals surface area contributed by atoms with E-state index >= 15 is 0 Å². The fraction of sp³-hybridized carbons (Fsp3) is 0.769. The number of likely N-dealkylation sites (tertiary alicyclic amines) is 1. The van der Waals surface area contributed by atoms with Crippen molar-refractivity contribution < 1.29 is 0 Å². The van der Waals surface area contributed by atoms with Gasteiger partial charge >= 0.3 is 0 Å². The highest BCUT2D eigenvalue weighted by molar-refractivity contribution is 5.02. The van der Waals surface area contributed by atoms with Crippen molar-refractivity contribution in [3.63, 3.8) is 0 Å². The molecule has 17 heavy (non-hydrogen) atoms. The summed E-state index contributed by atoms with van der Waals surface area (Å²) in [6.07, 6.45) is 7.30. The van der Waals surface area contributed by atoms with Crippen molar-refractivity contribution in [2.24, 2.45) is 7.05 Å². The minimum atomic E-state index is 0.728. The van der Waals surface area contributed by atoms with E-state index in [9.17, 15) is 0 Å². The average molecular weight is 234 g/mol. The topological polar surface area (TPSA) is 33.1 Å². The lowest BCUT2D eigenvalue weighted by molar-refractivity contribution is 0.202. The van der Waals surface area contributed by atoms with Gasteiger partial charge in [-0.2, -0.15) is 5.10 Å². The van der Waals surface area contributed by atoms with Gasteiger partial charge < -0.3 is 5.32 Å². The van der Waals surface area contributed by atoms with E-state index in [1.807, 2.05) is 17.9 Å². The van der Waals surface area contributed by atoms with E-state index < -0.39 is 0 Å². The maximum atomic E-state index is 4.26. The highest BCUT2D eigenvalue weighted by Gasteiger charge is 2.33. The van der Waals surface area contributed by atoms with E-state index in [4.69, 9.17) is 0 Å². The van der Waals surface area contributed by atoms with Gasteiger partial charge in [0, 0.05) is 31.9 Å². The molecule has 2 saturated heterocycles. The van der Waals surface area contributed by atoms with E-state index in [0.29, 0.717) is 0 Å². The SMILES string of the molecule is Cn1nccc1CN1CCCC1C1CCCN1. The van der Waals surface area contributed by atoms with Gasteiger partial charge in [0.05, 0.1) is 5.69 Å². The van der Waals surface area contributed by atoms with Crippen molar-refractivity contribution in [2.45, 2.75) is 44.3 Å². The van der Waals surface area contributed by atoms with Gasteiger partial charge in [-0.1, -0.05) is 0 Å². The van der Waals surface area contributed by atoms with E-state index in [1.165, 1.54) is 44.5 Å². The van der Waals surface area contributed by atoms with Crippen LogP contribution >= 0.6 is 0 Å². The first-order chi connectivity index (χ1) is 8.34. The third-order valence-corrected chi connectivity index (χ3v) is 4.26. The average Bonchev–Trinajstić information content (AvgIpc) is 3.02. The van der Waals surface area contributed by atoms with Gasteiger partial charge in [-0.15, -0.1) is 0 Å². The van der Waals surface area contributed by atoms with Crippen LogP contribution in [0.5, 0.6) is 0 Å². The lowest BCUT2D eigenvalue weighted by Gasteiger charge is -2.29. The van der Waals surface area contributed by atoms with Crippen LogP contribution in [0.2, 0.25) is 0 Å². The van der Waals surface area contributed by atoms with Crippen LogP contribution in [-0.4, -0.2) is 39.9 Å². The Hall–Kier alpha value is -0.870. The van der Waals surface area contributed by atoms with Crippen LogP contribution in [0.4, 0.5) is 0 Å². The van der Waals surface area contributed by atoms with Crippen LogP contribution in [0, 0.1) is 0 Å². The summed E-state index contributed by atoms with van der Waals surface area (Å²) in [4.78, 5) is 2.64. The summed E-state index contributed by atoms with van der Waals surface area (Å²) in [5.41, 5.74) is 1.33. The molecule has 2 aliphatic rings. The largest absolute Gasteiger partial charge is 0.312 e. The number of nitrogens with one attached hydrogen (secondary N) is 1. The summed E-state index contributed by atoms with van der Waals surface area (Å²) in [6, 6.07) is 3.61. The highest BCUT2D eigenvalue weighted by atomic mass is 15.3. The lowest BCUT2D eigenvalue weighted by atomic mass is 10.0. The molecule has 4 nitrogen and oxygen atoms in total. The number of aromatic nitrogens is 2. The Balaban J connectivity index is 1.67. The summed E-state index contributed by atoms with van der Waals surface area (Å²) >= 11 is 0. The van der Waals surface area contributed by atoms with E-state index in [2.05, 4.69) is 21.4 Å². The minimum Gasteiger partial charge on any atom is -0.312 e. The Labute approximate surface area is 103 Å². The molecule has 2 unspecified atom stereocenters. The molecular weight excluding hydrogens is 212 g/mol. The van der Waals surface area contributed by atoms with Crippen molar-refractivity contribution in [2.75, 3.05) is 13.1 Å². The van der Waals surface area contributed by atoms with Gasteiger partial charge in [0.15, 0.2) is 0 Å². The quantitative estimate of drug-likeness (QED) is 0.851. The van der Waals surface area contributed by atoms with Crippen molar-refractivity contribution in [1.82, 2.24) is 20.0 Å². The predicted molar refractivity (Wildman–Crippen MR) is 67.7 cm³/mol. The summed E-state index contributed by atoms with van der Waals surface area (Å²) in [6.45, 7) is 3.51. The van der Waals surface area contributed by atoms with E-state index in [-0.39, 0.29) is 0 Å². The van der Waals surface area contributed by atoms with Crippen molar-refractivity contribution in [3.8, 4) is 0 Å². The molecule has 1 N–H and O–H groups in total. The van der Waals surface area contributed by atoms with Gasteiger partial charge in [-0.05, 0) is 44.8 Å². The van der Waals surface area contributed by atoms with Crippen molar-refractivity contribution >= 4 is 0 Å². The van der Waals surface area contributed by atoms with Gasteiger partial charge in [-0.3, -0.25) is 9.58 Å². The van der Waals surface area contributed by atoms with E-state index in [1.54, 1.807) is 0 Å². The Kier molecular flexibility index (Phi) is 3.16. The number of aryl methyl sites for hydroxylation is 1. The van der Waals surface area contributed by atoms with Gasteiger partial charge in [0.25, 0.3) is 0 Å². The molecule has 3 rings (SSSR count). The maximum absolute atomic E-state index is 4.26. The Bertz CT molecular complexity index is 367. The second kappa shape index (κ2) is 4.78. The van der Waals surface area contributed by atoms with Crippen LogP contribution in [0.25, 0.3) is 0 Å². The molecule has 0 radical (unpaired) electrons. The van der Waals surface area contributed by atoms with Crippen LogP contribution < -0.4 is 5.32 Å². The predicted octanol–water partition coefficient (Wildman–Crippen LogP) is 1.14.